The maximum Gasteiger partial charge on any atom is 0.251 e. The molecule has 1 amide bonds. The number of nitrogens with one attached hydrogen (secondary N) is 1. The number of likely N-dealkylation sites (tertiary alicyclic amines) is 1. The summed E-state index contributed by atoms with van der Waals surface area (Å²) in [7, 11) is 0. The molecule has 1 N–H and O–H groups in total. The van der Waals surface area contributed by atoms with Crippen LogP contribution in [0.4, 0.5) is 0 Å². The quantitative estimate of drug-likeness (QED) is 0.584. The molecule has 0 radical (unpaired) electrons. The van der Waals surface area contributed by atoms with Gasteiger partial charge < -0.3 is 14.6 Å². The highest BCUT2D eigenvalue weighted by Crippen LogP contribution is 2.39. The van der Waals surface area contributed by atoms with E-state index >= 15 is 0 Å². The van der Waals surface area contributed by atoms with E-state index in [1.807, 2.05) is 48.7 Å². The zero-order chi connectivity index (χ0) is 22.7. The summed E-state index contributed by atoms with van der Waals surface area (Å²) >= 11 is 5.99. The lowest BCUT2D eigenvalue weighted by atomic mass is 9.88. The minimum atomic E-state index is -0.0433. The fourth-order valence-corrected chi connectivity index (χ4v) is 5.04. The minimum absolute atomic E-state index is 0.0341. The van der Waals surface area contributed by atoms with Crippen molar-refractivity contribution in [2.24, 2.45) is 0 Å². The number of aromatic nitrogens is 2. The van der Waals surface area contributed by atoms with Crippen LogP contribution in [0.3, 0.4) is 0 Å². The second-order valence-corrected chi connectivity index (χ2v) is 9.45. The van der Waals surface area contributed by atoms with Crippen LogP contribution in [0, 0.1) is 0 Å². The van der Waals surface area contributed by atoms with Gasteiger partial charge in [-0.15, -0.1) is 0 Å². The maximum absolute atomic E-state index is 12.3. The lowest BCUT2D eigenvalue weighted by Gasteiger charge is -2.39. The van der Waals surface area contributed by atoms with Gasteiger partial charge in [0.05, 0.1) is 16.7 Å². The molecular formula is C26H29ClN4O2. The number of nitrogens with zero attached hydrogens (tertiary/aromatic N) is 3. The molecule has 2 aromatic heterocycles. The van der Waals surface area contributed by atoms with Crippen molar-refractivity contribution in [1.29, 1.82) is 0 Å². The summed E-state index contributed by atoms with van der Waals surface area (Å²) < 4.78 is 8.62. The van der Waals surface area contributed by atoms with Crippen LogP contribution in [0.25, 0.3) is 5.82 Å². The van der Waals surface area contributed by atoms with Crippen molar-refractivity contribution in [3.63, 3.8) is 0 Å². The molecule has 1 spiro atoms. The van der Waals surface area contributed by atoms with Crippen LogP contribution in [0.2, 0.25) is 5.02 Å². The Bertz CT molecular complexity index is 1080. The molecule has 172 valence electrons. The average Bonchev–Trinajstić information content (AvgIpc) is 3.47. The fourth-order valence-electron chi connectivity index (χ4n) is 4.93. The second kappa shape index (κ2) is 9.67. The number of amides is 1. The van der Waals surface area contributed by atoms with Crippen LogP contribution >= 0.6 is 11.6 Å². The summed E-state index contributed by atoms with van der Waals surface area (Å²) in [5, 5.41) is 3.68. The standard InChI is InChI=1S/C26H29ClN4O2/c27-21-8-9-24(28-17-21)31-14-4-7-22(31)19-30-15-12-26(13-16-30)11-10-23(33-26)18-29-25(32)20-5-2-1-3-6-20/h1-9,14,17,23H,10-13,15-16,18-19H2,(H,29,32). The normalized spacial score (nSPS) is 20.2. The number of carbonyl (C=O) groups is 1. The van der Waals surface area contributed by atoms with E-state index in [4.69, 9.17) is 16.3 Å². The zero-order valence-electron chi connectivity index (χ0n) is 18.6. The van der Waals surface area contributed by atoms with E-state index in [1.54, 1.807) is 6.20 Å². The largest absolute Gasteiger partial charge is 0.370 e. The Morgan fingerprint density at radius 1 is 1.09 bits per heavy atom. The highest BCUT2D eigenvalue weighted by molar-refractivity contribution is 6.30. The molecule has 5 rings (SSSR count). The summed E-state index contributed by atoms with van der Waals surface area (Å²) in [5.74, 6) is 0.848. The van der Waals surface area contributed by atoms with E-state index in [2.05, 4.69) is 31.9 Å². The first-order valence-electron chi connectivity index (χ1n) is 11.6. The van der Waals surface area contributed by atoms with E-state index in [0.717, 1.165) is 51.1 Å². The molecule has 1 unspecified atom stereocenters. The summed E-state index contributed by atoms with van der Waals surface area (Å²) in [6.45, 7) is 3.45. The number of benzene rings is 1. The number of ether oxygens (including phenoxy) is 1. The monoisotopic (exact) mass is 464 g/mol. The van der Waals surface area contributed by atoms with Crippen LogP contribution in [-0.4, -0.2) is 51.7 Å². The summed E-state index contributed by atoms with van der Waals surface area (Å²) in [6.07, 6.45) is 7.94. The number of halogens is 1. The maximum atomic E-state index is 12.3. The van der Waals surface area contributed by atoms with Gasteiger partial charge in [-0.1, -0.05) is 29.8 Å². The van der Waals surface area contributed by atoms with Gasteiger partial charge in [-0.3, -0.25) is 9.69 Å². The third-order valence-corrected chi connectivity index (χ3v) is 7.03. The third kappa shape index (κ3) is 5.13. The van der Waals surface area contributed by atoms with Crippen molar-refractivity contribution in [3.05, 3.63) is 83.3 Å². The van der Waals surface area contributed by atoms with E-state index in [1.165, 1.54) is 5.69 Å². The molecule has 7 heteroatoms. The van der Waals surface area contributed by atoms with E-state index < -0.39 is 0 Å². The van der Waals surface area contributed by atoms with Crippen molar-refractivity contribution in [1.82, 2.24) is 19.8 Å². The minimum Gasteiger partial charge on any atom is -0.370 e. The van der Waals surface area contributed by atoms with Crippen LogP contribution in [-0.2, 0) is 11.3 Å². The summed E-state index contributed by atoms with van der Waals surface area (Å²) in [4.78, 5) is 19.3. The van der Waals surface area contributed by atoms with Gasteiger partial charge in [-0.05, 0) is 62.1 Å². The Labute approximate surface area is 199 Å². The molecule has 2 fully saturated rings. The fraction of sp³-hybridized carbons (Fsp3) is 0.385. The molecule has 3 aromatic rings. The highest BCUT2D eigenvalue weighted by atomic mass is 35.5. The molecule has 2 aliphatic heterocycles. The van der Waals surface area contributed by atoms with E-state index in [0.29, 0.717) is 17.1 Å². The molecule has 1 aromatic carbocycles. The summed E-state index contributed by atoms with van der Waals surface area (Å²) in [6, 6.07) is 17.4. The first-order chi connectivity index (χ1) is 16.1. The van der Waals surface area contributed by atoms with Gasteiger partial charge >= 0.3 is 0 Å². The predicted molar refractivity (Wildman–Crippen MR) is 129 cm³/mol. The zero-order valence-corrected chi connectivity index (χ0v) is 19.4. The van der Waals surface area contributed by atoms with Gasteiger partial charge in [0, 0.05) is 49.8 Å². The van der Waals surface area contributed by atoms with E-state index in [9.17, 15) is 4.79 Å². The Morgan fingerprint density at radius 3 is 2.67 bits per heavy atom. The van der Waals surface area contributed by atoms with Gasteiger partial charge in [0.2, 0.25) is 0 Å². The second-order valence-electron chi connectivity index (χ2n) is 9.02. The predicted octanol–water partition coefficient (Wildman–Crippen LogP) is 4.47. The Morgan fingerprint density at radius 2 is 1.91 bits per heavy atom. The van der Waals surface area contributed by atoms with Crippen LogP contribution < -0.4 is 5.32 Å². The Balaban J connectivity index is 1.12. The Hall–Kier alpha value is -2.67. The lowest BCUT2D eigenvalue weighted by Crippen LogP contribution is -2.45. The Kier molecular flexibility index (Phi) is 6.49. The molecular weight excluding hydrogens is 436 g/mol. The molecule has 4 heterocycles. The molecule has 0 aliphatic carbocycles. The lowest BCUT2D eigenvalue weighted by molar-refractivity contribution is -0.0766. The first-order valence-corrected chi connectivity index (χ1v) is 12.0. The van der Waals surface area contributed by atoms with E-state index in [-0.39, 0.29) is 17.6 Å². The van der Waals surface area contributed by atoms with Crippen LogP contribution in [0.1, 0.15) is 41.7 Å². The molecule has 0 saturated carbocycles. The third-order valence-electron chi connectivity index (χ3n) is 6.81. The van der Waals surface area contributed by atoms with Crippen molar-refractivity contribution in [2.75, 3.05) is 19.6 Å². The molecule has 33 heavy (non-hydrogen) atoms. The highest BCUT2D eigenvalue weighted by Gasteiger charge is 2.42. The molecule has 0 bridgehead atoms. The SMILES string of the molecule is O=C(NCC1CCC2(CCN(Cc3cccn3-c3ccc(Cl)cn3)CC2)O1)c1ccccc1. The average molecular weight is 465 g/mol. The van der Waals surface area contributed by atoms with Gasteiger partial charge in [0.1, 0.15) is 5.82 Å². The number of pyridine rings is 1. The number of carbonyl (C=O) groups excluding carboxylic acids is 1. The number of rotatable bonds is 6. The number of piperidine rings is 1. The first kappa shape index (κ1) is 22.1. The summed E-state index contributed by atoms with van der Waals surface area (Å²) in [5.41, 5.74) is 1.87. The molecule has 2 saturated heterocycles. The van der Waals surface area contributed by atoms with Gasteiger partial charge in [-0.2, -0.15) is 0 Å². The van der Waals surface area contributed by atoms with Crippen molar-refractivity contribution < 1.29 is 9.53 Å². The molecule has 6 nitrogen and oxygen atoms in total. The van der Waals surface area contributed by atoms with Crippen molar-refractivity contribution in [3.8, 4) is 5.82 Å². The smallest absolute Gasteiger partial charge is 0.251 e. The van der Waals surface area contributed by atoms with Gasteiger partial charge in [-0.25, -0.2) is 4.98 Å². The van der Waals surface area contributed by atoms with Crippen molar-refractivity contribution in [2.45, 2.75) is 43.9 Å². The van der Waals surface area contributed by atoms with Gasteiger partial charge in [0.25, 0.3) is 5.91 Å². The molecule has 1 atom stereocenters. The molecule has 2 aliphatic rings. The number of hydrogen-bond donors (Lipinski definition) is 1. The van der Waals surface area contributed by atoms with Gasteiger partial charge in [0.15, 0.2) is 0 Å². The van der Waals surface area contributed by atoms with Crippen LogP contribution in [0.15, 0.2) is 67.0 Å². The van der Waals surface area contributed by atoms with Crippen molar-refractivity contribution >= 4 is 17.5 Å². The number of hydrogen-bond acceptors (Lipinski definition) is 4. The topological polar surface area (TPSA) is 59.4 Å². The van der Waals surface area contributed by atoms with Crippen LogP contribution in [0.5, 0.6) is 0 Å².